The molecule has 1 amide bonds. The third-order valence-electron chi connectivity index (χ3n) is 12.7. The van der Waals surface area contributed by atoms with Gasteiger partial charge in [0.25, 0.3) is 0 Å². The van der Waals surface area contributed by atoms with Crippen molar-refractivity contribution in [3.05, 3.63) is 48.6 Å². The number of nitrogens with one attached hydrogen (secondary N) is 1. The summed E-state index contributed by atoms with van der Waals surface area (Å²) >= 11 is 0. The summed E-state index contributed by atoms with van der Waals surface area (Å²) in [5, 5.41) is 3.50. The van der Waals surface area contributed by atoms with Crippen molar-refractivity contribution >= 4 is 17.8 Å². The maximum Gasteiger partial charge on any atom is 0.329 e. The van der Waals surface area contributed by atoms with E-state index < -0.39 is 12.1 Å². The van der Waals surface area contributed by atoms with Gasteiger partial charge in [-0.05, 0) is 132 Å². The van der Waals surface area contributed by atoms with Crippen molar-refractivity contribution in [2.24, 2.45) is 0 Å². The summed E-state index contributed by atoms with van der Waals surface area (Å²) in [6.07, 6.45) is 46.2. The van der Waals surface area contributed by atoms with Crippen molar-refractivity contribution in [2.45, 2.75) is 225 Å². The van der Waals surface area contributed by atoms with E-state index in [2.05, 4.69) is 84.5 Å². The molecule has 1 fully saturated rings. The number of likely N-dealkylation sites (tertiary alicyclic amines) is 1. The number of likely N-dealkylation sites (N-methyl/N-ethyl adjacent to an activating group) is 2. The maximum absolute atomic E-state index is 13.6. The number of carbonyl (C=O) groups is 3. The van der Waals surface area contributed by atoms with Crippen LogP contribution in [0.5, 0.6) is 0 Å². The van der Waals surface area contributed by atoms with E-state index in [0.717, 1.165) is 103 Å². The van der Waals surface area contributed by atoms with E-state index in [1.165, 1.54) is 70.6 Å². The predicted octanol–water partition coefficient (Wildman–Crippen LogP) is 12.3. The molecule has 400 valence electrons. The van der Waals surface area contributed by atoms with E-state index in [1.54, 1.807) is 4.90 Å². The van der Waals surface area contributed by atoms with Crippen LogP contribution in [-0.2, 0) is 33.3 Å². The third kappa shape index (κ3) is 38.5. The number of allylic oxidation sites excluding steroid dienone is 8. The van der Waals surface area contributed by atoms with Gasteiger partial charge in [0.05, 0.1) is 38.6 Å². The molecule has 0 aromatic heterocycles. The number of rotatable bonds is 47. The van der Waals surface area contributed by atoms with Crippen LogP contribution in [0.2, 0.25) is 0 Å². The molecule has 11 heteroatoms. The van der Waals surface area contributed by atoms with Crippen LogP contribution in [0.4, 0.5) is 0 Å². The summed E-state index contributed by atoms with van der Waals surface area (Å²) in [5.74, 6) is -0.719. The lowest BCUT2D eigenvalue weighted by atomic mass is 10.1. The van der Waals surface area contributed by atoms with Gasteiger partial charge in [-0.15, -0.1) is 0 Å². The Kier molecular flexibility index (Phi) is 43.0. The standard InChI is InChI=1S/C58H106N4O7/c1-8-10-12-14-16-18-20-22-24-26-28-30-32-34-36-40-46-68-58(65)54-49-53(51-62(54)56(63)41-37-35-33-31-29-27-25-23-21-19-17-15-13-11-9-2)69-57(64)42-38-39-43-59-50-55(67-48-45-61(6)7)52(3)66-47-44-60(4)5/h16-19,22-25,52-55,59H,8-15,20-21,26-51H2,1-7H3/b18-16-,19-17-,24-22-,25-23-. The monoisotopic (exact) mass is 971 g/mol. The van der Waals surface area contributed by atoms with Crippen LogP contribution in [0.15, 0.2) is 48.6 Å². The van der Waals surface area contributed by atoms with Crippen LogP contribution in [-0.4, -0.2) is 138 Å². The van der Waals surface area contributed by atoms with Gasteiger partial charge >= 0.3 is 11.9 Å². The molecule has 0 saturated carbocycles. The number of hydrogen-bond donors (Lipinski definition) is 1. The number of hydrogen-bond acceptors (Lipinski definition) is 10. The summed E-state index contributed by atoms with van der Waals surface area (Å²) in [4.78, 5) is 46.0. The molecule has 0 aliphatic carbocycles. The molecule has 1 aliphatic rings. The Morgan fingerprint density at radius 2 is 1.09 bits per heavy atom. The fourth-order valence-corrected chi connectivity index (χ4v) is 8.26. The molecule has 0 radical (unpaired) electrons. The van der Waals surface area contributed by atoms with Crippen molar-refractivity contribution < 1.29 is 33.3 Å². The Bertz CT molecular complexity index is 1350. The lowest BCUT2D eigenvalue weighted by molar-refractivity contribution is -0.153. The molecular weight excluding hydrogens is 865 g/mol. The molecule has 1 heterocycles. The molecule has 4 unspecified atom stereocenters. The predicted molar refractivity (Wildman–Crippen MR) is 289 cm³/mol. The molecule has 0 aromatic rings. The first-order valence-electron chi connectivity index (χ1n) is 28.1. The molecule has 11 nitrogen and oxygen atoms in total. The molecule has 1 aliphatic heterocycles. The molecule has 1 saturated heterocycles. The highest BCUT2D eigenvalue weighted by Gasteiger charge is 2.42. The quantitative estimate of drug-likeness (QED) is 0.0360. The molecule has 4 atom stereocenters. The number of nitrogens with zero attached hydrogens (tertiary/aromatic N) is 3. The maximum atomic E-state index is 13.6. The van der Waals surface area contributed by atoms with Crippen LogP contribution in [0.3, 0.4) is 0 Å². The van der Waals surface area contributed by atoms with E-state index in [4.69, 9.17) is 18.9 Å². The Morgan fingerprint density at radius 3 is 1.64 bits per heavy atom. The zero-order valence-corrected chi connectivity index (χ0v) is 45.6. The highest BCUT2D eigenvalue weighted by molar-refractivity contribution is 5.85. The third-order valence-corrected chi connectivity index (χ3v) is 12.7. The second-order valence-electron chi connectivity index (χ2n) is 19.9. The fourth-order valence-electron chi connectivity index (χ4n) is 8.26. The SMILES string of the molecule is CCCCC/C=C\C/C=C\CCCCCCCCOC(=O)C1CC(OC(=O)CCCCNCC(OCCN(C)C)C(C)OCCN(C)C)CN1C(=O)CCCCCCC/C=C\C/C=C\CCCCC. The topological polar surface area (TPSA) is 110 Å². The first-order valence-corrected chi connectivity index (χ1v) is 28.1. The minimum atomic E-state index is -0.718. The van der Waals surface area contributed by atoms with Crippen LogP contribution in [0.1, 0.15) is 201 Å². The highest BCUT2D eigenvalue weighted by Crippen LogP contribution is 2.25. The lowest BCUT2D eigenvalue weighted by Gasteiger charge is -2.26. The Balaban J connectivity index is 2.55. The number of esters is 2. The molecule has 0 spiro atoms. The summed E-state index contributed by atoms with van der Waals surface area (Å²) in [7, 11) is 8.14. The van der Waals surface area contributed by atoms with Gasteiger partial charge in [-0.1, -0.05) is 133 Å². The van der Waals surface area contributed by atoms with Gasteiger partial charge in [-0.3, -0.25) is 9.59 Å². The van der Waals surface area contributed by atoms with Crippen molar-refractivity contribution in [1.29, 1.82) is 0 Å². The smallest absolute Gasteiger partial charge is 0.329 e. The van der Waals surface area contributed by atoms with E-state index in [1.807, 2.05) is 28.2 Å². The van der Waals surface area contributed by atoms with Gasteiger partial charge in [0.2, 0.25) is 5.91 Å². The van der Waals surface area contributed by atoms with Crippen LogP contribution in [0.25, 0.3) is 0 Å². The van der Waals surface area contributed by atoms with Crippen molar-refractivity contribution in [1.82, 2.24) is 20.0 Å². The normalized spacial score (nSPS) is 16.4. The van der Waals surface area contributed by atoms with Crippen LogP contribution < -0.4 is 5.32 Å². The van der Waals surface area contributed by atoms with E-state index >= 15 is 0 Å². The number of unbranched alkanes of at least 4 members (excludes halogenated alkanes) is 18. The summed E-state index contributed by atoms with van der Waals surface area (Å²) in [6, 6.07) is -0.718. The fraction of sp³-hybridized carbons (Fsp3) is 0.810. The largest absolute Gasteiger partial charge is 0.464 e. The average molecular weight is 972 g/mol. The summed E-state index contributed by atoms with van der Waals surface area (Å²) in [6.45, 7) is 11.5. The molecule has 0 bridgehead atoms. The zero-order valence-electron chi connectivity index (χ0n) is 45.6. The van der Waals surface area contributed by atoms with E-state index in [-0.39, 0.29) is 49.4 Å². The number of carbonyl (C=O) groups excluding carboxylic acids is 3. The molecule has 1 rings (SSSR count). The van der Waals surface area contributed by atoms with E-state index in [9.17, 15) is 14.4 Å². The molecule has 0 aromatic carbocycles. The minimum Gasteiger partial charge on any atom is -0.464 e. The van der Waals surface area contributed by atoms with Gasteiger partial charge in [-0.25, -0.2) is 4.79 Å². The Morgan fingerprint density at radius 1 is 0.594 bits per heavy atom. The highest BCUT2D eigenvalue weighted by atomic mass is 16.6. The molecule has 69 heavy (non-hydrogen) atoms. The average Bonchev–Trinajstić information content (AvgIpc) is 3.75. The lowest BCUT2D eigenvalue weighted by Crippen LogP contribution is -2.41. The molecular formula is C58H106N4O7. The second kappa shape index (κ2) is 46.3. The van der Waals surface area contributed by atoms with Crippen molar-refractivity contribution in [2.75, 3.05) is 80.7 Å². The van der Waals surface area contributed by atoms with E-state index in [0.29, 0.717) is 39.2 Å². The minimum absolute atomic E-state index is 0.0515. The Labute approximate surface area is 424 Å². The Hall–Kier alpha value is -2.83. The second-order valence-corrected chi connectivity index (χ2v) is 19.9. The molecule has 1 N–H and O–H groups in total. The first kappa shape index (κ1) is 64.2. The van der Waals surface area contributed by atoms with Crippen LogP contribution in [0, 0.1) is 0 Å². The zero-order chi connectivity index (χ0) is 50.4. The van der Waals surface area contributed by atoms with Gasteiger partial charge in [0, 0.05) is 38.9 Å². The summed E-state index contributed by atoms with van der Waals surface area (Å²) < 4.78 is 24.0. The summed E-state index contributed by atoms with van der Waals surface area (Å²) in [5.41, 5.74) is 0. The number of amides is 1. The van der Waals surface area contributed by atoms with Gasteiger partial charge in [-0.2, -0.15) is 0 Å². The number of ether oxygens (including phenoxy) is 4. The van der Waals surface area contributed by atoms with Crippen molar-refractivity contribution in [3.8, 4) is 0 Å². The van der Waals surface area contributed by atoms with Gasteiger partial charge < -0.3 is 39.0 Å². The van der Waals surface area contributed by atoms with Gasteiger partial charge in [0.15, 0.2) is 0 Å². The van der Waals surface area contributed by atoms with Crippen LogP contribution >= 0.6 is 0 Å². The van der Waals surface area contributed by atoms with Crippen molar-refractivity contribution in [3.63, 3.8) is 0 Å². The first-order chi connectivity index (χ1) is 33.6. The van der Waals surface area contributed by atoms with Gasteiger partial charge in [0.1, 0.15) is 12.1 Å².